The largest absolute Gasteiger partial charge is 0.481 e. The summed E-state index contributed by atoms with van der Waals surface area (Å²) in [4.78, 5) is 12.6. The van der Waals surface area contributed by atoms with Crippen LogP contribution in [0.1, 0.15) is 26.7 Å². The van der Waals surface area contributed by atoms with E-state index in [2.05, 4.69) is 0 Å². The van der Waals surface area contributed by atoms with Gasteiger partial charge in [0.2, 0.25) is 0 Å². The van der Waals surface area contributed by atoms with E-state index in [-0.39, 0.29) is 32.0 Å². The standard InChI is InChI=1S/C10H17F2NO2/c1-7(9(14)15)8(2)13-5-3-10(11,12)4-6-13/h7-8H,3-6H2,1-2H3,(H,14,15). The molecule has 0 amide bonds. The van der Waals surface area contributed by atoms with Gasteiger partial charge in [0.15, 0.2) is 0 Å². The number of nitrogens with zero attached hydrogens (tertiary/aromatic N) is 1. The summed E-state index contributed by atoms with van der Waals surface area (Å²) in [6, 6.07) is -0.182. The third kappa shape index (κ3) is 3.12. The first-order valence-electron chi connectivity index (χ1n) is 5.18. The molecule has 1 fully saturated rings. The lowest BCUT2D eigenvalue weighted by Gasteiger charge is -2.37. The maximum absolute atomic E-state index is 12.9. The number of hydrogen-bond acceptors (Lipinski definition) is 2. The Kier molecular flexibility index (Phi) is 3.65. The van der Waals surface area contributed by atoms with Crippen LogP contribution in [0.3, 0.4) is 0 Å². The van der Waals surface area contributed by atoms with Crippen LogP contribution >= 0.6 is 0 Å². The number of hydrogen-bond donors (Lipinski definition) is 1. The first-order valence-corrected chi connectivity index (χ1v) is 5.18. The summed E-state index contributed by atoms with van der Waals surface area (Å²) in [6.45, 7) is 3.96. The second kappa shape index (κ2) is 4.43. The molecule has 2 atom stereocenters. The summed E-state index contributed by atoms with van der Waals surface area (Å²) >= 11 is 0. The second-order valence-corrected chi connectivity index (χ2v) is 4.26. The highest BCUT2D eigenvalue weighted by Crippen LogP contribution is 2.29. The molecule has 3 nitrogen and oxygen atoms in total. The number of carboxylic acids is 1. The van der Waals surface area contributed by atoms with E-state index < -0.39 is 17.8 Å². The molecule has 15 heavy (non-hydrogen) atoms. The molecule has 0 bridgehead atoms. The van der Waals surface area contributed by atoms with E-state index >= 15 is 0 Å². The molecular weight excluding hydrogens is 204 g/mol. The molecular formula is C10H17F2NO2. The van der Waals surface area contributed by atoms with E-state index in [1.165, 1.54) is 0 Å². The maximum atomic E-state index is 12.9. The SMILES string of the molecule is CC(C(=O)O)C(C)N1CCC(F)(F)CC1. The predicted molar refractivity (Wildman–Crippen MR) is 52.0 cm³/mol. The van der Waals surface area contributed by atoms with Gasteiger partial charge < -0.3 is 5.11 Å². The van der Waals surface area contributed by atoms with Gasteiger partial charge in [-0.25, -0.2) is 8.78 Å². The number of likely N-dealkylation sites (tertiary alicyclic amines) is 1. The maximum Gasteiger partial charge on any atom is 0.307 e. The predicted octanol–water partition coefficient (Wildman–Crippen LogP) is 1.83. The molecule has 88 valence electrons. The van der Waals surface area contributed by atoms with Gasteiger partial charge in [-0.05, 0) is 6.92 Å². The summed E-state index contributed by atoms with van der Waals surface area (Å²) in [6.07, 6.45) is -0.326. The Balaban J connectivity index is 2.49. The van der Waals surface area contributed by atoms with Crippen LogP contribution in [0.2, 0.25) is 0 Å². The van der Waals surface area contributed by atoms with Gasteiger partial charge in [0.05, 0.1) is 5.92 Å². The van der Waals surface area contributed by atoms with Crippen molar-refractivity contribution in [2.45, 2.75) is 38.7 Å². The number of carbonyl (C=O) groups is 1. The summed E-state index contributed by atoms with van der Waals surface area (Å²) in [5, 5.41) is 8.81. The lowest BCUT2D eigenvalue weighted by molar-refractivity contribution is -0.144. The smallest absolute Gasteiger partial charge is 0.307 e. The summed E-state index contributed by atoms with van der Waals surface area (Å²) in [5.74, 6) is -3.96. The van der Waals surface area contributed by atoms with Crippen molar-refractivity contribution in [1.29, 1.82) is 0 Å². The Hall–Kier alpha value is -0.710. The number of rotatable bonds is 3. The lowest BCUT2D eigenvalue weighted by atomic mass is 9.98. The van der Waals surface area contributed by atoms with Crippen LogP contribution in [0, 0.1) is 5.92 Å². The molecule has 0 radical (unpaired) electrons. The monoisotopic (exact) mass is 221 g/mol. The minimum atomic E-state index is -2.57. The van der Waals surface area contributed by atoms with Gasteiger partial charge in [-0.1, -0.05) is 6.92 Å². The molecule has 0 aromatic carbocycles. The number of carboxylic acid groups (broad SMARTS) is 1. The zero-order valence-electron chi connectivity index (χ0n) is 9.04. The number of aliphatic carboxylic acids is 1. The lowest BCUT2D eigenvalue weighted by Crippen LogP contribution is -2.47. The van der Waals surface area contributed by atoms with Gasteiger partial charge in [-0.3, -0.25) is 9.69 Å². The third-order valence-corrected chi connectivity index (χ3v) is 3.22. The van der Waals surface area contributed by atoms with Crippen LogP contribution in [-0.4, -0.2) is 41.0 Å². The van der Waals surface area contributed by atoms with Gasteiger partial charge in [0, 0.05) is 32.0 Å². The molecule has 2 unspecified atom stereocenters. The van der Waals surface area contributed by atoms with Gasteiger partial charge in [-0.15, -0.1) is 0 Å². The molecule has 1 rings (SSSR count). The highest BCUT2D eigenvalue weighted by Gasteiger charge is 2.37. The molecule has 1 aliphatic heterocycles. The van der Waals surface area contributed by atoms with Crippen LogP contribution in [0.25, 0.3) is 0 Å². The van der Waals surface area contributed by atoms with Gasteiger partial charge in [-0.2, -0.15) is 0 Å². The van der Waals surface area contributed by atoms with E-state index in [0.29, 0.717) is 0 Å². The molecule has 0 aromatic heterocycles. The zero-order valence-corrected chi connectivity index (χ0v) is 9.04. The van der Waals surface area contributed by atoms with Crippen molar-refractivity contribution >= 4 is 5.97 Å². The van der Waals surface area contributed by atoms with Crippen molar-refractivity contribution in [2.24, 2.45) is 5.92 Å². The first-order chi connectivity index (χ1) is 6.83. The average molecular weight is 221 g/mol. The third-order valence-electron chi connectivity index (χ3n) is 3.22. The fourth-order valence-corrected chi connectivity index (χ4v) is 1.78. The van der Waals surface area contributed by atoms with Crippen LogP contribution < -0.4 is 0 Å². The Morgan fingerprint density at radius 1 is 1.33 bits per heavy atom. The number of alkyl halides is 2. The van der Waals surface area contributed by atoms with Crippen LogP contribution in [0.4, 0.5) is 8.78 Å². The van der Waals surface area contributed by atoms with E-state index in [4.69, 9.17) is 5.11 Å². The molecule has 5 heteroatoms. The zero-order chi connectivity index (χ0) is 11.6. The minimum absolute atomic E-state index is 0.163. The summed E-state index contributed by atoms with van der Waals surface area (Å²) < 4.78 is 25.7. The van der Waals surface area contributed by atoms with Crippen LogP contribution in [-0.2, 0) is 4.79 Å². The molecule has 1 N–H and O–H groups in total. The average Bonchev–Trinajstić information content (AvgIpc) is 2.15. The van der Waals surface area contributed by atoms with E-state index in [1.54, 1.807) is 13.8 Å². The first kappa shape index (κ1) is 12.4. The van der Waals surface area contributed by atoms with E-state index in [0.717, 1.165) is 0 Å². The molecule has 1 aliphatic rings. The topological polar surface area (TPSA) is 40.5 Å². The second-order valence-electron chi connectivity index (χ2n) is 4.26. The Bertz CT molecular complexity index is 236. The summed E-state index contributed by atoms with van der Waals surface area (Å²) in [7, 11) is 0. The van der Waals surface area contributed by atoms with E-state index in [1.807, 2.05) is 4.90 Å². The molecule has 1 heterocycles. The highest BCUT2D eigenvalue weighted by molar-refractivity contribution is 5.70. The van der Waals surface area contributed by atoms with E-state index in [9.17, 15) is 13.6 Å². The van der Waals surface area contributed by atoms with Crippen molar-refractivity contribution < 1.29 is 18.7 Å². The van der Waals surface area contributed by atoms with Crippen molar-refractivity contribution in [1.82, 2.24) is 4.90 Å². The van der Waals surface area contributed by atoms with Crippen LogP contribution in [0.15, 0.2) is 0 Å². The molecule has 0 aliphatic carbocycles. The molecule has 0 spiro atoms. The number of halogens is 2. The van der Waals surface area contributed by atoms with Crippen molar-refractivity contribution in [3.63, 3.8) is 0 Å². The van der Waals surface area contributed by atoms with Gasteiger partial charge in [0.25, 0.3) is 5.92 Å². The Morgan fingerprint density at radius 3 is 2.20 bits per heavy atom. The van der Waals surface area contributed by atoms with Gasteiger partial charge >= 0.3 is 5.97 Å². The fourth-order valence-electron chi connectivity index (χ4n) is 1.78. The Labute approximate surface area is 88.1 Å². The normalized spacial score (nSPS) is 25.9. The fraction of sp³-hybridized carbons (Fsp3) is 0.900. The minimum Gasteiger partial charge on any atom is -0.481 e. The van der Waals surface area contributed by atoms with Crippen molar-refractivity contribution in [2.75, 3.05) is 13.1 Å². The quantitative estimate of drug-likeness (QED) is 0.790. The highest BCUT2D eigenvalue weighted by atomic mass is 19.3. The molecule has 0 aromatic rings. The molecule has 0 saturated carbocycles. The summed E-state index contributed by atoms with van der Waals surface area (Å²) in [5.41, 5.74) is 0. The molecule has 1 saturated heterocycles. The van der Waals surface area contributed by atoms with Gasteiger partial charge in [0.1, 0.15) is 0 Å². The number of piperidine rings is 1. The van der Waals surface area contributed by atoms with Crippen molar-refractivity contribution in [3.8, 4) is 0 Å². The Morgan fingerprint density at radius 2 is 1.80 bits per heavy atom. The van der Waals surface area contributed by atoms with Crippen LogP contribution in [0.5, 0.6) is 0 Å². The van der Waals surface area contributed by atoms with Crippen molar-refractivity contribution in [3.05, 3.63) is 0 Å².